The number of amides is 2. The summed E-state index contributed by atoms with van der Waals surface area (Å²) in [6.45, 7) is 2.04. The summed E-state index contributed by atoms with van der Waals surface area (Å²) >= 11 is 4.42. The number of nitrogens with one attached hydrogen (secondary N) is 1. The molecule has 0 aromatic heterocycles. The molecule has 3 rings (SSSR count). The molecular weight excluding hydrogens is 483 g/mol. The molecule has 0 aliphatic carbocycles. The van der Waals surface area contributed by atoms with E-state index in [-0.39, 0.29) is 29.1 Å². The Bertz CT molecular complexity index is 997. The highest BCUT2D eigenvalue weighted by Crippen LogP contribution is 2.34. The van der Waals surface area contributed by atoms with E-state index in [0.29, 0.717) is 16.7 Å². The van der Waals surface area contributed by atoms with E-state index in [1.54, 1.807) is 25.1 Å². The maximum atomic E-state index is 12.9. The predicted molar refractivity (Wildman–Crippen MR) is 115 cm³/mol. The van der Waals surface area contributed by atoms with Crippen molar-refractivity contribution < 1.29 is 22.8 Å². The Kier molecular flexibility index (Phi) is 6.87. The van der Waals surface area contributed by atoms with Crippen molar-refractivity contribution in [1.29, 1.82) is 0 Å². The fraction of sp³-hybridized carbons (Fsp3) is 0.250. The monoisotopic (exact) mass is 499 g/mol. The minimum Gasteiger partial charge on any atom is -0.325 e. The molecule has 0 bridgehead atoms. The molecule has 1 fully saturated rings. The molecule has 0 radical (unpaired) electrons. The van der Waals surface area contributed by atoms with Gasteiger partial charge in [0.15, 0.2) is 5.17 Å². The lowest BCUT2D eigenvalue weighted by atomic mass is 10.2. The molecule has 2 amide bonds. The van der Waals surface area contributed by atoms with Crippen LogP contribution in [-0.2, 0) is 15.8 Å². The van der Waals surface area contributed by atoms with Gasteiger partial charge < -0.3 is 5.32 Å². The molecule has 5 nitrogen and oxygen atoms in total. The maximum absolute atomic E-state index is 12.9. The minimum absolute atomic E-state index is 0.0804. The van der Waals surface area contributed by atoms with E-state index in [0.717, 1.165) is 23.9 Å². The highest BCUT2D eigenvalue weighted by atomic mass is 79.9. The lowest BCUT2D eigenvalue weighted by Gasteiger charge is -2.13. The van der Waals surface area contributed by atoms with Crippen LogP contribution in [0.5, 0.6) is 0 Å². The van der Waals surface area contributed by atoms with Gasteiger partial charge in [0.1, 0.15) is 5.25 Å². The van der Waals surface area contributed by atoms with E-state index >= 15 is 0 Å². The average molecular weight is 500 g/mol. The summed E-state index contributed by atoms with van der Waals surface area (Å²) < 4.78 is 39.5. The second-order valence-corrected chi connectivity index (χ2v) is 8.39. The fourth-order valence-electron chi connectivity index (χ4n) is 2.81. The quantitative estimate of drug-likeness (QED) is 0.594. The van der Waals surface area contributed by atoms with Gasteiger partial charge in [-0.05, 0) is 53.2 Å². The maximum Gasteiger partial charge on any atom is 0.416 e. The van der Waals surface area contributed by atoms with Gasteiger partial charge in [-0.25, -0.2) is 4.99 Å². The molecular formula is C20H17BrF3N3O2S. The zero-order valence-electron chi connectivity index (χ0n) is 15.7. The van der Waals surface area contributed by atoms with E-state index in [1.807, 2.05) is 6.07 Å². The normalized spacial score (nSPS) is 18.2. The number of aliphatic imine (C=N–C) groups is 1. The van der Waals surface area contributed by atoms with E-state index in [9.17, 15) is 22.8 Å². The molecule has 158 valence electrons. The van der Waals surface area contributed by atoms with Crippen molar-refractivity contribution in [1.82, 2.24) is 4.90 Å². The lowest BCUT2D eigenvalue weighted by Crippen LogP contribution is -2.33. The second-order valence-electron chi connectivity index (χ2n) is 6.36. The Hall–Kier alpha value is -2.33. The van der Waals surface area contributed by atoms with Gasteiger partial charge in [0, 0.05) is 17.4 Å². The first-order valence-electron chi connectivity index (χ1n) is 8.97. The highest BCUT2D eigenvalue weighted by Gasteiger charge is 2.38. The number of hydrogen-bond acceptors (Lipinski definition) is 4. The number of hydrogen-bond donors (Lipinski definition) is 1. The van der Waals surface area contributed by atoms with Gasteiger partial charge in [-0.3, -0.25) is 14.5 Å². The van der Waals surface area contributed by atoms with Crippen molar-refractivity contribution in [2.75, 3.05) is 11.9 Å². The predicted octanol–water partition coefficient (Wildman–Crippen LogP) is 5.45. The number of para-hydroxylation sites is 1. The van der Waals surface area contributed by atoms with Crippen LogP contribution in [0, 0.1) is 0 Å². The number of anilines is 1. The van der Waals surface area contributed by atoms with Crippen molar-refractivity contribution in [3.63, 3.8) is 0 Å². The molecule has 1 saturated heterocycles. The zero-order valence-corrected chi connectivity index (χ0v) is 18.1. The smallest absolute Gasteiger partial charge is 0.325 e. The molecule has 1 unspecified atom stereocenters. The number of alkyl halides is 3. The first kappa shape index (κ1) is 22.4. The van der Waals surface area contributed by atoms with Crippen molar-refractivity contribution in [2.24, 2.45) is 4.99 Å². The summed E-state index contributed by atoms with van der Waals surface area (Å²) in [5, 5.41) is 2.33. The van der Waals surface area contributed by atoms with Gasteiger partial charge in [-0.1, -0.05) is 30.0 Å². The Morgan fingerprint density at radius 3 is 2.63 bits per heavy atom. The van der Waals surface area contributed by atoms with Crippen LogP contribution in [0.4, 0.5) is 24.5 Å². The van der Waals surface area contributed by atoms with Crippen LogP contribution in [0.3, 0.4) is 0 Å². The van der Waals surface area contributed by atoms with E-state index < -0.39 is 17.0 Å². The number of halogens is 4. The van der Waals surface area contributed by atoms with Crippen molar-refractivity contribution in [3.05, 3.63) is 58.6 Å². The number of rotatable bonds is 5. The van der Waals surface area contributed by atoms with E-state index in [4.69, 9.17) is 0 Å². The van der Waals surface area contributed by atoms with Crippen LogP contribution in [0.2, 0.25) is 0 Å². The molecule has 1 aliphatic rings. The third kappa shape index (κ3) is 5.23. The third-order valence-electron chi connectivity index (χ3n) is 4.25. The molecule has 30 heavy (non-hydrogen) atoms. The topological polar surface area (TPSA) is 61.8 Å². The van der Waals surface area contributed by atoms with Gasteiger partial charge in [-0.2, -0.15) is 13.2 Å². The number of nitrogens with zero attached hydrogens (tertiary/aromatic N) is 2. The van der Waals surface area contributed by atoms with Gasteiger partial charge >= 0.3 is 6.18 Å². The van der Waals surface area contributed by atoms with Crippen molar-refractivity contribution in [2.45, 2.75) is 24.8 Å². The number of amidine groups is 1. The Labute approximate surface area is 183 Å². The SMILES string of the molecule is CCN1C(=O)C(CC(=O)Nc2ccccc2Br)SC1=Nc1cccc(C(F)(F)F)c1. The Morgan fingerprint density at radius 1 is 1.23 bits per heavy atom. The van der Waals surface area contributed by atoms with E-state index in [2.05, 4.69) is 26.2 Å². The summed E-state index contributed by atoms with van der Waals surface area (Å²) in [5.41, 5.74) is -0.133. The van der Waals surface area contributed by atoms with Gasteiger partial charge in [-0.15, -0.1) is 0 Å². The molecule has 0 spiro atoms. The van der Waals surface area contributed by atoms with Crippen LogP contribution in [0.25, 0.3) is 0 Å². The molecule has 0 saturated carbocycles. The molecule has 10 heteroatoms. The van der Waals surface area contributed by atoms with E-state index in [1.165, 1.54) is 17.0 Å². The van der Waals surface area contributed by atoms with Gasteiger partial charge in [0.05, 0.1) is 16.9 Å². The second kappa shape index (κ2) is 9.22. The molecule has 1 atom stereocenters. The minimum atomic E-state index is -4.48. The molecule has 2 aromatic rings. The van der Waals surface area contributed by atoms with Gasteiger partial charge in [0.25, 0.3) is 0 Å². The molecule has 1 aliphatic heterocycles. The standard InChI is InChI=1S/C20H17BrF3N3O2S/c1-2-27-18(29)16(11-17(28)26-15-9-4-3-8-14(15)21)30-19(27)25-13-7-5-6-12(10-13)20(22,23)24/h3-10,16H,2,11H2,1H3,(H,26,28). The highest BCUT2D eigenvalue weighted by molar-refractivity contribution is 9.10. The first-order valence-corrected chi connectivity index (χ1v) is 10.6. The lowest BCUT2D eigenvalue weighted by molar-refractivity contribution is -0.137. The van der Waals surface area contributed by atoms with Crippen molar-refractivity contribution >= 4 is 56.0 Å². The number of carbonyl (C=O) groups is 2. The third-order valence-corrected chi connectivity index (χ3v) is 6.12. The largest absolute Gasteiger partial charge is 0.416 e. The number of carbonyl (C=O) groups excluding carboxylic acids is 2. The molecule has 1 heterocycles. The number of thioether (sulfide) groups is 1. The van der Waals surface area contributed by atoms with Crippen molar-refractivity contribution in [3.8, 4) is 0 Å². The summed E-state index contributed by atoms with van der Waals surface area (Å²) in [5.74, 6) is -0.639. The van der Waals surface area contributed by atoms with Crippen LogP contribution in [-0.4, -0.2) is 33.7 Å². The average Bonchev–Trinajstić information content (AvgIpc) is 2.97. The van der Waals surface area contributed by atoms with Crippen LogP contribution in [0.15, 0.2) is 58.0 Å². The number of benzene rings is 2. The summed E-state index contributed by atoms with van der Waals surface area (Å²) in [6.07, 6.45) is -4.56. The first-order chi connectivity index (χ1) is 14.2. The molecule has 1 N–H and O–H groups in total. The Morgan fingerprint density at radius 2 is 1.97 bits per heavy atom. The zero-order chi connectivity index (χ0) is 21.9. The summed E-state index contributed by atoms with van der Waals surface area (Å²) in [4.78, 5) is 30.7. The molecule has 2 aromatic carbocycles. The fourth-order valence-corrected chi connectivity index (χ4v) is 4.42. The van der Waals surface area contributed by atoms with Crippen LogP contribution < -0.4 is 5.32 Å². The van der Waals surface area contributed by atoms with Crippen LogP contribution in [0.1, 0.15) is 18.9 Å². The summed E-state index contributed by atoms with van der Waals surface area (Å²) in [7, 11) is 0. The summed E-state index contributed by atoms with van der Waals surface area (Å²) in [6, 6.07) is 11.7. The van der Waals surface area contributed by atoms with Gasteiger partial charge in [0.2, 0.25) is 11.8 Å². The Balaban J connectivity index is 1.76. The van der Waals surface area contributed by atoms with Crippen LogP contribution >= 0.6 is 27.7 Å².